The van der Waals surface area contributed by atoms with Gasteiger partial charge in [0.15, 0.2) is 0 Å². The van der Waals surface area contributed by atoms with Crippen LogP contribution in [-0.2, 0) is 19.6 Å². The molecule has 1 aliphatic rings. The van der Waals surface area contributed by atoms with Gasteiger partial charge in [0.2, 0.25) is 21.8 Å². The van der Waals surface area contributed by atoms with Crippen LogP contribution in [0.2, 0.25) is 0 Å². The Morgan fingerprint density at radius 2 is 1.94 bits per heavy atom. The molecule has 1 atom stereocenters. The van der Waals surface area contributed by atoms with E-state index in [1.165, 1.54) is 20.3 Å². The molecule has 188 valence electrons. The highest BCUT2D eigenvalue weighted by Gasteiger charge is 2.33. The molecule has 10 heteroatoms. The third kappa shape index (κ3) is 7.64. The first-order chi connectivity index (χ1) is 16.7. The van der Waals surface area contributed by atoms with Gasteiger partial charge in [0.05, 0.1) is 25.9 Å². The number of nitrogens with one attached hydrogen (secondary N) is 2. The highest BCUT2D eigenvalue weighted by atomic mass is 32.2. The molecular formula is C25H32N4O4S2. The molecule has 1 aliphatic heterocycles. The van der Waals surface area contributed by atoms with Gasteiger partial charge in [-0.05, 0) is 48.4 Å². The van der Waals surface area contributed by atoms with Crippen LogP contribution < -0.4 is 10.6 Å². The van der Waals surface area contributed by atoms with Crippen molar-refractivity contribution in [1.82, 2.24) is 19.8 Å². The number of thiophene rings is 1. The van der Waals surface area contributed by atoms with Crippen molar-refractivity contribution in [2.24, 2.45) is 0 Å². The Morgan fingerprint density at radius 1 is 1.20 bits per heavy atom. The van der Waals surface area contributed by atoms with Gasteiger partial charge in [-0.15, -0.1) is 17.8 Å². The molecule has 2 N–H and O–H groups in total. The fourth-order valence-corrected chi connectivity index (χ4v) is 6.10. The number of carbonyl (C=O) groups excluding carboxylic acids is 2. The molecule has 1 aromatic heterocycles. The van der Waals surface area contributed by atoms with Gasteiger partial charge >= 0.3 is 0 Å². The smallest absolute Gasteiger partial charge is 0.240 e. The average Bonchev–Trinajstić information content (AvgIpc) is 3.39. The van der Waals surface area contributed by atoms with Gasteiger partial charge in [0.1, 0.15) is 0 Å². The predicted molar refractivity (Wildman–Crippen MR) is 139 cm³/mol. The van der Waals surface area contributed by atoms with Crippen molar-refractivity contribution < 1.29 is 18.0 Å². The number of hydrogen-bond acceptors (Lipinski definition) is 6. The molecule has 2 aromatic rings. The van der Waals surface area contributed by atoms with Crippen LogP contribution >= 0.6 is 11.3 Å². The number of nitrogens with zero attached hydrogens (tertiary/aromatic N) is 2. The van der Waals surface area contributed by atoms with Crippen molar-refractivity contribution in [3.63, 3.8) is 0 Å². The summed E-state index contributed by atoms with van der Waals surface area (Å²) in [6, 6.07) is 12.6. The molecular weight excluding hydrogens is 484 g/mol. The first kappa shape index (κ1) is 26.9. The summed E-state index contributed by atoms with van der Waals surface area (Å²) in [7, 11) is -3.60. The van der Waals surface area contributed by atoms with E-state index in [0.717, 1.165) is 19.3 Å². The molecule has 0 bridgehead atoms. The molecule has 0 radical (unpaired) electrons. The number of benzene rings is 1. The molecule has 3 rings (SSSR count). The van der Waals surface area contributed by atoms with Crippen LogP contribution in [0.15, 0.2) is 41.8 Å². The minimum absolute atomic E-state index is 0.0689. The Bertz CT molecular complexity index is 1150. The van der Waals surface area contributed by atoms with Crippen molar-refractivity contribution in [3.8, 4) is 22.8 Å². The Hall–Kier alpha value is -2.71. The number of likely N-dealkylation sites (tertiary alicyclic amines) is 1. The van der Waals surface area contributed by atoms with E-state index in [-0.39, 0.29) is 31.7 Å². The summed E-state index contributed by atoms with van der Waals surface area (Å²) in [4.78, 5) is 27.6. The molecule has 1 fully saturated rings. The zero-order chi connectivity index (χ0) is 25.4. The van der Waals surface area contributed by atoms with Crippen LogP contribution in [0.4, 0.5) is 0 Å². The van der Waals surface area contributed by atoms with Gasteiger partial charge < -0.3 is 10.6 Å². The standard InChI is InChI=1S/C25H32N4O4S2/c1-4-12-26-24(30)17-27-25(31)18-29(35(3,32)33)22-10-13-28(14-11-22)19(2)20-7-5-8-21(16-20)23-9-6-15-34-23/h1,5-9,15-16,19,22H,10-14,17-18H2,2-3H3,(H,26,30)(H,27,31). The van der Waals surface area contributed by atoms with E-state index < -0.39 is 21.8 Å². The number of piperidine rings is 1. The van der Waals surface area contributed by atoms with E-state index in [1.807, 2.05) is 6.07 Å². The largest absolute Gasteiger partial charge is 0.346 e. The molecule has 2 amide bonds. The number of sulfonamides is 1. The van der Waals surface area contributed by atoms with Gasteiger partial charge in [0, 0.05) is 30.1 Å². The van der Waals surface area contributed by atoms with E-state index in [1.54, 1.807) is 11.3 Å². The quantitative estimate of drug-likeness (QED) is 0.471. The van der Waals surface area contributed by atoms with Gasteiger partial charge in [0.25, 0.3) is 0 Å². The summed E-state index contributed by atoms with van der Waals surface area (Å²) in [6.45, 7) is 3.11. The highest BCUT2D eigenvalue weighted by Crippen LogP contribution is 2.31. The van der Waals surface area contributed by atoms with Crippen LogP contribution in [0.25, 0.3) is 10.4 Å². The second kappa shape index (κ2) is 12.3. The number of carbonyl (C=O) groups is 2. The van der Waals surface area contributed by atoms with E-state index >= 15 is 0 Å². The van der Waals surface area contributed by atoms with Crippen LogP contribution in [0, 0.1) is 12.3 Å². The Balaban J connectivity index is 1.58. The summed E-state index contributed by atoms with van der Waals surface area (Å²) in [5.41, 5.74) is 2.42. The molecule has 8 nitrogen and oxygen atoms in total. The second-order valence-electron chi connectivity index (χ2n) is 8.61. The lowest BCUT2D eigenvalue weighted by molar-refractivity contribution is -0.126. The van der Waals surface area contributed by atoms with Gasteiger partial charge in [-0.2, -0.15) is 4.31 Å². The lowest BCUT2D eigenvalue weighted by atomic mass is 9.98. The molecule has 0 saturated carbocycles. The molecule has 0 spiro atoms. The van der Waals surface area contributed by atoms with Gasteiger partial charge in [-0.3, -0.25) is 14.5 Å². The second-order valence-corrected chi connectivity index (χ2v) is 11.5. The van der Waals surface area contributed by atoms with Crippen molar-refractivity contribution >= 4 is 33.2 Å². The number of hydrogen-bond donors (Lipinski definition) is 2. The van der Waals surface area contributed by atoms with Crippen molar-refractivity contribution in [3.05, 3.63) is 47.3 Å². The van der Waals surface area contributed by atoms with Crippen LogP contribution in [0.1, 0.15) is 31.4 Å². The molecule has 1 unspecified atom stereocenters. The number of amides is 2. The third-order valence-corrected chi connectivity index (χ3v) is 8.39. The fourth-order valence-electron chi connectivity index (χ4n) is 4.27. The minimum Gasteiger partial charge on any atom is -0.346 e. The zero-order valence-corrected chi connectivity index (χ0v) is 21.7. The zero-order valence-electron chi connectivity index (χ0n) is 20.1. The Labute approximate surface area is 211 Å². The number of rotatable bonds is 10. The summed E-state index contributed by atoms with van der Waals surface area (Å²) in [6.07, 6.45) is 7.45. The van der Waals surface area contributed by atoms with Crippen molar-refractivity contribution in [2.75, 3.05) is 39.0 Å². The lowest BCUT2D eigenvalue weighted by Gasteiger charge is -2.39. The maximum atomic E-state index is 12.5. The predicted octanol–water partition coefficient (Wildman–Crippen LogP) is 2.07. The van der Waals surface area contributed by atoms with Gasteiger partial charge in [-0.1, -0.05) is 30.2 Å². The topological polar surface area (TPSA) is 98.8 Å². The monoisotopic (exact) mass is 516 g/mol. The number of terminal acetylenes is 1. The van der Waals surface area contributed by atoms with Crippen LogP contribution in [0.3, 0.4) is 0 Å². The van der Waals surface area contributed by atoms with Crippen LogP contribution in [0.5, 0.6) is 0 Å². The van der Waals surface area contributed by atoms with Gasteiger partial charge in [-0.25, -0.2) is 8.42 Å². The van der Waals surface area contributed by atoms with E-state index in [9.17, 15) is 18.0 Å². The maximum absolute atomic E-state index is 12.5. The molecule has 1 saturated heterocycles. The molecule has 2 heterocycles. The summed E-state index contributed by atoms with van der Waals surface area (Å²) in [5.74, 6) is 1.33. The lowest BCUT2D eigenvalue weighted by Crippen LogP contribution is -2.51. The summed E-state index contributed by atoms with van der Waals surface area (Å²) < 4.78 is 26.2. The summed E-state index contributed by atoms with van der Waals surface area (Å²) in [5, 5.41) is 6.98. The summed E-state index contributed by atoms with van der Waals surface area (Å²) >= 11 is 1.71. The van der Waals surface area contributed by atoms with Crippen LogP contribution in [-0.4, -0.2) is 74.5 Å². The van der Waals surface area contributed by atoms with E-state index in [2.05, 4.69) is 64.1 Å². The molecule has 35 heavy (non-hydrogen) atoms. The molecule has 1 aromatic carbocycles. The fraction of sp³-hybridized carbons (Fsp3) is 0.440. The first-order valence-corrected chi connectivity index (χ1v) is 14.2. The Kier molecular flexibility index (Phi) is 9.46. The highest BCUT2D eigenvalue weighted by molar-refractivity contribution is 7.88. The van der Waals surface area contributed by atoms with E-state index in [0.29, 0.717) is 12.8 Å². The van der Waals surface area contributed by atoms with E-state index in [4.69, 9.17) is 6.42 Å². The Morgan fingerprint density at radius 3 is 2.57 bits per heavy atom. The minimum atomic E-state index is -3.60. The third-order valence-electron chi connectivity index (χ3n) is 6.19. The first-order valence-electron chi connectivity index (χ1n) is 11.5. The van der Waals surface area contributed by atoms with Crippen molar-refractivity contribution in [1.29, 1.82) is 0 Å². The van der Waals surface area contributed by atoms with Crippen molar-refractivity contribution in [2.45, 2.75) is 31.8 Å². The normalized spacial score (nSPS) is 15.9. The SMILES string of the molecule is C#CCNC(=O)CNC(=O)CN(C1CCN(C(C)c2cccc(-c3cccs3)c2)CC1)S(C)(=O)=O. The maximum Gasteiger partial charge on any atom is 0.240 e. The average molecular weight is 517 g/mol. The molecule has 0 aliphatic carbocycles.